The van der Waals surface area contributed by atoms with Crippen molar-refractivity contribution in [3.8, 4) is 17.0 Å². The van der Waals surface area contributed by atoms with Gasteiger partial charge in [0.25, 0.3) is 10.0 Å². The number of benzene rings is 1. The maximum atomic E-state index is 13.4. The Bertz CT molecular complexity index is 1370. The summed E-state index contributed by atoms with van der Waals surface area (Å²) in [6.07, 6.45) is 10.0. The van der Waals surface area contributed by atoms with E-state index >= 15 is 0 Å². The molecule has 36 heavy (non-hydrogen) atoms. The molecule has 0 spiro atoms. The molecular weight excluding hydrogens is 476 g/mol. The fourth-order valence-electron chi connectivity index (χ4n) is 4.65. The van der Waals surface area contributed by atoms with Gasteiger partial charge in [-0.05, 0) is 72.8 Å². The maximum absolute atomic E-state index is 13.4. The predicted octanol–water partition coefficient (Wildman–Crippen LogP) is 4.35. The Morgan fingerprint density at radius 3 is 2.69 bits per heavy atom. The maximum Gasteiger partial charge on any atom is 0.267 e. The van der Waals surface area contributed by atoms with E-state index < -0.39 is 10.0 Å². The van der Waals surface area contributed by atoms with Crippen LogP contribution in [0.1, 0.15) is 30.4 Å². The van der Waals surface area contributed by atoms with Crippen LogP contribution in [0.25, 0.3) is 16.7 Å². The van der Waals surface area contributed by atoms with Crippen LogP contribution in [0.4, 0.5) is 5.69 Å². The van der Waals surface area contributed by atoms with E-state index in [1.54, 1.807) is 24.5 Å². The second kappa shape index (κ2) is 10.8. The zero-order valence-electron chi connectivity index (χ0n) is 20.3. The summed E-state index contributed by atoms with van der Waals surface area (Å²) in [4.78, 5) is 11.0. The summed E-state index contributed by atoms with van der Waals surface area (Å²) in [5.41, 5.74) is 5.18. The van der Waals surface area contributed by atoms with E-state index in [4.69, 9.17) is 9.47 Å². The van der Waals surface area contributed by atoms with Gasteiger partial charge >= 0.3 is 0 Å². The average molecular weight is 507 g/mol. The zero-order valence-corrected chi connectivity index (χ0v) is 21.1. The largest absolute Gasteiger partial charge is 0.480 e. The number of hydrogen-bond acceptors (Lipinski definition) is 7. The fraction of sp³-hybridized carbons (Fsp3) is 0.333. The summed E-state index contributed by atoms with van der Waals surface area (Å²) in [6.45, 7) is 4.27. The molecule has 0 aliphatic carbocycles. The van der Waals surface area contributed by atoms with E-state index in [0.717, 1.165) is 41.9 Å². The summed E-state index contributed by atoms with van der Waals surface area (Å²) in [5.74, 6) is 0.0395. The van der Waals surface area contributed by atoms with E-state index in [0.29, 0.717) is 25.3 Å². The third kappa shape index (κ3) is 5.59. The average Bonchev–Trinajstić information content (AvgIpc) is 3.42. The first-order chi connectivity index (χ1) is 17.5. The molecular formula is C27H30N4O4S. The molecule has 2 aliphatic rings. The van der Waals surface area contributed by atoms with E-state index in [1.807, 2.05) is 18.2 Å². The Balaban J connectivity index is 1.40. The van der Waals surface area contributed by atoms with Crippen LogP contribution in [-0.4, -0.2) is 56.7 Å². The molecule has 5 rings (SSSR count). The van der Waals surface area contributed by atoms with Crippen molar-refractivity contribution in [1.82, 2.24) is 14.9 Å². The van der Waals surface area contributed by atoms with Gasteiger partial charge in [-0.1, -0.05) is 24.3 Å². The van der Waals surface area contributed by atoms with Crippen LogP contribution < -0.4 is 9.46 Å². The van der Waals surface area contributed by atoms with Gasteiger partial charge in [0.15, 0.2) is 0 Å². The van der Waals surface area contributed by atoms with Gasteiger partial charge in [-0.15, -0.1) is 0 Å². The molecule has 1 saturated heterocycles. The highest BCUT2D eigenvalue weighted by atomic mass is 32.2. The number of sulfonamides is 1. The molecule has 1 aromatic carbocycles. The van der Waals surface area contributed by atoms with Crippen LogP contribution in [0, 0.1) is 0 Å². The van der Waals surface area contributed by atoms with Gasteiger partial charge < -0.3 is 9.47 Å². The molecule has 0 amide bonds. The van der Waals surface area contributed by atoms with Gasteiger partial charge in [0.1, 0.15) is 4.90 Å². The van der Waals surface area contributed by atoms with Gasteiger partial charge in [-0.25, -0.2) is 13.4 Å². The number of pyridine rings is 2. The Morgan fingerprint density at radius 2 is 1.92 bits per heavy atom. The molecule has 0 unspecified atom stereocenters. The van der Waals surface area contributed by atoms with Crippen molar-refractivity contribution < 1.29 is 17.9 Å². The number of aromatic nitrogens is 2. The summed E-state index contributed by atoms with van der Waals surface area (Å²) >= 11 is 0. The lowest BCUT2D eigenvalue weighted by Gasteiger charge is -2.16. The van der Waals surface area contributed by atoms with Crippen molar-refractivity contribution in [3.63, 3.8) is 0 Å². The van der Waals surface area contributed by atoms with Gasteiger partial charge in [0, 0.05) is 24.5 Å². The number of methoxy groups -OCH3 is 1. The summed E-state index contributed by atoms with van der Waals surface area (Å²) in [6, 6.07) is 11.7. The smallest absolute Gasteiger partial charge is 0.267 e. The Hall–Kier alpha value is -3.27. The number of hydrogen-bond donors (Lipinski definition) is 1. The van der Waals surface area contributed by atoms with E-state index in [-0.39, 0.29) is 10.8 Å². The van der Waals surface area contributed by atoms with Crippen molar-refractivity contribution in [1.29, 1.82) is 0 Å². The minimum atomic E-state index is -3.98. The first kappa shape index (κ1) is 24.4. The van der Waals surface area contributed by atoms with E-state index in [2.05, 4.69) is 31.7 Å². The van der Waals surface area contributed by atoms with Crippen LogP contribution in [0.5, 0.6) is 5.88 Å². The molecule has 188 valence electrons. The summed E-state index contributed by atoms with van der Waals surface area (Å²) in [5, 5.41) is 0. The second-order valence-corrected chi connectivity index (χ2v) is 10.7. The van der Waals surface area contributed by atoms with E-state index in [1.165, 1.54) is 31.7 Å². The lowest BCUT2D eigenvalue weighted by Crippen LogP contribution is -2.18. The van der Waals surface area contributed by atoms with Crippen molar-refractivity contribution in [2.75, 3.05) is 38.1 Å². The molecule has 4 heterocycles. The van der Waals surface area contributed by atoms with Crippen molar-refractivity contribution >= 4 is 21.3 Å². The topological polar surface area (TPSA) is 93.7 Å². The zero-order chi connectivity index (χ0) is 25.0. The minimum Gasteiger partial charge on any atom is -0.480 e. The third-order valence-electron chi connectivity index (χ3n) is 6.49. The van der Waals surface area contributed by atoms with Crippen molar-refractivity contribution in [2.45, 2.75) is 30.7 Å². The lowest BCUT2D eigenvalue weighted by atomic mass is 10.0. The molecule has 8 nitrogen and oxygen atoms in total. The monoisotopic (exact) mass is 506 g/mol. The first-order valence-electron chi connectivity index (χ1n) is 12.1. The van der Waals surface area contributed by atoms with Crippen molar-refractivity contribution in [3.05, 3.63) is 72.2 Å². The van der Waals surface area contributed by atoms with Crippen LogP contribution in [0.3, 0.4) is 0 Å². The Kier molecular flexibility index (Phi) is 7.31. The standard InChI is InChI=1S/C27H30N4O4S/c1-34-27-26(15-24(17-29-27)21-7-11-35-12-8-21)36(32,33)30-25-14-23(16-28-18-25)22-6-4-5-20(13-22)19-31-9-2-3-10-31/h4-7,13-18,30H,2-3,8-12,19H2,1H3. The Morgan fingerprint density at radius 1 is 1.06 bits per heavy atom. The third-order valence-corrected chi connectivity index (χ3v) is 7.87. The highest BCUT2D eigenvalue weighted by Gasteiger charge is 2.23. The van der Waals surface area contributed by atoms with Crippen LogP contribution >= 0.6 is 0 Å². The molecule has 1 fully saturated rings. The van der Waals surface area contributed by atoms with Crippen LogP contribution in [0.2, 0.25) is 0 Å². The van der Waals surface area contributed by atoms with Gasteiger partial charge in [-0.2, -0.15) is 0 Å². The molecule has 0 atom stereocenters. The number of ether oxygens (including phenoxy) is 2. The second-order valence-electron chi connectivity index (χ2n) is 9.04. The number of nitrogens with zero attached hydrogens (tertiary/aromatic N) is 3. The molecule has 2 aromatic heterocycles. The van der Waals surface area contributed by atoms with Crippen molar-refractivity contribution in [2.24, 2.45) is 0 Å². The number of rotatable bonds is 8. The normalized spacial score (nSPS) is 16.5. The predicted molar refractivity (Wildman–Crippen MR) is 139 cm³/mol. The van der Waals surface area contributed by atoms with Crippen LogP contribution in [-0.2, 0) is 21.3 Å². The molecule has 2 aliphatic heterocycles. The SMILES string of the molecule is COc1ncc(C2=CCOCC2)cc1S(=O)(=O)Nc1cncc(-c2cccc(CN3CCCC3)c2)c1. The number of nitrogens with one attached hydrogen (secondary N) is 1. The quantitative estimate of drug-likeness (QED) is 0.485. The number of likely N-dealkylation sites (tertiary alicyclic amines) is 1. The Labute approximate surface area is 212 Å². The molecule has 1 N–H and O–H groups in total. The molecule has 0 saturated carbocycles. The molecule has 3 aromatic rings. The highest BCUT2D eigenvalue weighted by Crippen LogP contribution is 2.30. The first-order valence-corrected chi connectivity index (χ1v) is 13.6. The highest BCUT2D eigenvalue weighted by molar-refractivity contribution is 7.92. The fourth-order valence-corrected chi connectivity index (χ4v) is 5.83. The minimum absolute atomic E-state index is 0.0205. The summed E-state index contributed by atoms with van der Waals surface area (Å²) < 4.78 is 40.1. The van der Waals surface area contributed by atoms with Gasteiger partial charge in [-0.3, -0.25) is 14.6 Å². The molecule has 0 radical (unpaired) electrons. The number of anilines is 1. The van der Waals surface area contributed by atoms with E-state index in [9.17, 15) is 8.42 Å². The van der Waals surface area contributed by atoms with Crippen LogP contribution in [0.15, 0.2) is 66.0 Å². The molecule has 9 heteroatoms. The van der Waals surface area contributed by atoms with Gasteiger partial charge in [0.05, 0.1) is 32.2 Å². The lowest BCUT2D eigenvalue weighted by molar-refractivity contribution is 0.161. The molecule has 0 bridgehead atoms. The summed E-state index contributed by atoms with van der Waals surface area (Å²) in [7, 11) is -2.57. The van der Waals surface area contributed by atoms with Gasteiger partial charge in [0.2, 0.25) is 5.88 Å².